The minimum absolute atomic E-state index is 0.00153. The normalized spacial score (nSPS) is 26.6. The van der Waals surface area contributed by atoms with Gasteiger partial charge in [-0.05, 0) is 72.4 Å². The van der Waals surface area contributed by atoms with Gasteiger partial charge in [-0.2, -0.15) is 0 Å². The Bertz CT molecular complexity index is 2960. The van der Waals surface area contributed by atoms with Gasteiger partial charge in [-0.1, -0.05) is 99.5 Å². The summed E-state index contributed by atoms with van der Waals surface area (Å²) >= 11 is 0. The summed E-state index contributed by atoms with van der Waals surface area (Å²) in [5, 5.41) is 94.8. The summed E-state index contributed by atoms with van der Waals surface area (Å²) < 4.78 is 12.0. The number of Topliss-reactive ketones (excluding diaryl/α,β-unsaturated/α-hetero) is 1. The van der Waals surface area contributed by atoms with Gasteiger partial charge in [0.05, 0.1) is 82.9 Å². The molecule has 24 nitrogen and oxygen atoms in total. The van der Waals surface area contributed by atoms with Crippen LogP contribution in [0.1, 0.15) is 88.2 Å². The molecule has 7 rings (SSSR count). The summed E-state index contributed by atoms with van der Waals surface area (Å²) in [6, 6.07) is 20.8. The molecule has 0 spiro atoms. The number of unbranched alkanes of at least 4 members (excludes halogenated alkanes) is 2. The van der Waals surface area contributed by atoms with Crippen LogP contribution in [-0.2, 0) is 33.5 Å². The second-order valence-corrected chi connectivity index (χ2v) is 24.2. The number of likely N-dealkylation sites (N-methyl/N-ethyl adjacent to an activating group) is 1. The van der Waals surface area contributed by atoms with Crippen molar-refractivity contribution in [2.75, 3.05) is 54.0 Å². The number of nitrogens with zero attached hydrogens (tertiary/aromatic N) is 3. The first kappa shape index (κ1) is 69.9. The number of nitrogens with two attached hydrogens (primary N) is 1. The molecule has 3 heterocycles. The average molecular weight is 1230 g/mol. The van der Waals surface area contributed by atoms with Crippen LogP contribution in [0.4, 0.5) is 0 Å². The molecule has 4 aromatic rings. The van der Waals surface area contributed by atoms with Crippen LogP contribution in [0.3, 0.4) is 0 Å². The number of aromatic hydroxyl groups is 1. The fourth-order valence-corrected chi connectivity index (χ4v) is 10.7. The van der Waals surface area contributed by atoms with Crippen molar-refractivity contribution in [1.29, 1.82) is 0 Å². The second-order valence-electron chi connectivity index (χ2n) is 24.2. The van der Waals surface area contributed by atoms with Crippen LogP contribution >= 0.6 is 0 Å². The molecule has 0 saturated carbocycles. The highest BCUT2D eigenvalue weighted by molar-refractivity contribution is 5.98. The van der Waals surface area contributed by atoms with Gasteiger partial charge in [0.25, 0.3) is 0 Å². The molecular weight excluding hydrogens is 1140 g/mol. The zero-order valence-electron chi connectivity index (χ0n) is 50.9. The van der Waals surface area contributed by atoms with Gasteiger partial charge >= 0.3 is 0 Å². The first-order chi connectivity index (χ1) is 41.6. The number of amides is 5. The van der Waals surface area contributed by atoms with Crippen LogP contribution in [0.5, 0.6) is 11.5 Å². The van der Waals surface area contributed by atoms with Crippen molar-refractivity contribution in [1.82, 2.24) is 25.8 Å². The lowest BCUT2D eigenvalue weighted by atomic mass is 9.86. The number of aliphatic hydroxyl groups is 7. The zero-order chi connectivity index (χ0) is 64.7. The van der Waals surface area contributed by atoms with Gasteiger partial charge in [-0.25, -0.2) is 0 Å². The molecule has 3 saturated heterocycles. The first-order valence-electron chi connectivity index (χ1n) is 29.8. The lowest BCUT2D eigenvalue weighted by Gasteiger charge is -2.34. The molecule has 0 bridgehead atoms. The van der Waals surface area contributed by atoms with Crippen molar-refractivity contribution in [3.05, 3.63) is 108 Å². The van der Waals surface area contributed by atoms with Crippen LogP contribution in [0.25, 0.3) is 22.3 Å². The third-order valence-corrected chi connectivity index (χ3v) is 16.0. The highest BCUT2D eigenvalue weighted by atomic mass is 16.5. The number of aliphatic hydroxyl groups excluding tert-OH is 7. The van der Waals surface area contributed by atoms with Gasteiger partial charge in [0.15, 0.2) is 12.0 Å². The predicted molar refractivity (Wildman–Crippen MR) is 323 cm³/mol. The molecule has 1 unspecified atom stereocenters. The van der Waals surface area contributed by atoms with Crippen molar-refractivity contribution in [2.45, 2.75) is 145 Å². The van der Waals surface area contributed by atoms with E-state index in [9.17, 15) is 74.4 Å². The molecule has 4 aromatic carbocycles. The summed E-state index contributed by atoms with van der Waals surface area (Å²) in [7, 11) is 5.56. The van der Waals surface area contributed by atoms with Crippen molar-refractivity contribution in [2.24, 2.45) is 17.6 Å². The molecule has 3 fully saturated rings. The monoisotopic (exact) mass is 1230 g/mol. The van der Waals surface area contributed by atoms with E-state index in [-0.39, 0.29) is 30.9 Å². The van der Waals surface area contributed by atoms with Gasteiger partial charge in [-0.15, -0.1) is 0 Å². The number of carbonyl (C=O) groups excluding carboxylic acids is 7. The van der Waals surface area contributed by atoms with Gasteiger partial charge in [0.1, 0.15) is 54.7 Å². The fourth-order valence-electron chi connectivity index (χ4n) is 10.7. The zero-order valence-corrected chi connectivity index (χ0v) is 50.9. The van der Waals surface area contributed by atoms with E-state index in [0.717, 1.165) is 52.9 Å². The molecule has 88 heavy (non-hydrogen) atoms. The van der Waals surface area contributed by atoms with E-state index >= 15 is 0 Å². The standard InChI is InChI=1S/C40H63N7O15.C24H24O2/c1-18-16-46-31(32(18)54)37(59)44-38(62-12-11-47(4,5)6)28(53)15-25(41)36(58)43-29(19(2)48)39(60)45-17-23(51)13-26(45)27(52)14-24(35(57)42-30(20(3)49)40(46)61)34(56)33(55)21-7-9-22(50)10-8-21;1-2-3-4-17-26-24-15-13-23(14-16-24)22-11-9-21(10-12-22)20-7-5-19(18-25)6-8-20/h7-10,18-20,23-26,28-34,38,48-49,51,53-56H,11-17,41H2,1-6H3,(H3-,42,43,44,50,57,58,59);5-16,18H,2-4,17H2,1H3/p+1/t18-,19+,20+,23+,24-,25?,26-,28+,29-,30-,31-,32-,33-,34-,38+;/m0./s1. The Balaban J connectivity index is 0.000000392. The Kier molecular flexibility index (Phi) is 25.2. The smallest absolute Gasteiger partial charge is 0.248 e. The molecule has 480 valence electrons. The van der Waals surface area contributed by atoms with Gasteiger partial charge < -0.3 is 86.3 Å². The minimum Gasteiger partial charge on any atom is -0.508 e. The number of phenolic OH excluding ortho intramolecular Hbond substituents is 1. The molecule has 24 heteroatoms. The number of ether oxygens (including phenoxy) is 2. The highest BCUT2D eigenvalue weighted by Gasteiger charge is 2.50. The molecular formula is C64H88N7O17+. The van der Waals surface area contributed by atoms with Crippen LogP contribution in [0, 0.1) is 11.8 Å². The highest BCUT2D eigenvalue weighted by Crippen LogP contribution is 2.32. The number of phenols is 1. The number of hydrogen-bond acceptors (Lipinski definition) is 18. The van der Waals surface area contributed by atoms with Crippen molar-refractivity contribution >= 4 is 41.6 Å². The predicted octanol–water partition coefficient (Wildman–Crippen LogP) is 0.922. The number of nitrogens with one attached hydrogen (secondary N) is 3. The number of carbonyl (C=O) groups is 7. The van der Waals surface area contributed by atoms with Crippen LogP contribution in [0.2, 0.25) is 0 Å². The van der Waals surface area contributed by atoms with Gasteiger partial charge in [-0.3, -0.25) is 33.6 Å². The van der Waals surface area contributed by atoms with E-state index in [2.05, 4.69) is 59.3 Å². The number of quaternary nitrogens is 1. The van der Waals surface area contributed by atoms with Gasteiger partial charge in [0, 0.05) is 43.8 Å². The molecule has 0 aromatic heterocycles. The minimum atomic E-state index is -2.12. The van der Waals surface area contributed by atoms with E-state index in [1.165, 1.54) is 62.1 Å². The van der Waals surface area contributed by atoms with Crippen LogP contribution in [0.15, 0.2) is 97.1 Å². The third kappa shape index (κ3) is 18.7. The van der Waals surface area contributed by atoms with Gasteiger partial charge in [0.2, 0.25) is 29.5 Å². The van der Waals surface area contributed by atoms with E-state index in [4.69, 9.17) is 15.2 Å². The SMILES string of the molecule is CCCCCOc1ccc(-c2ccc(-c3ccc(C=O)cc3)cc2)cc1.C[C@@H](O)[C@@H]1NC(=O)[C@H]([C@H](O)[C@@H](O)c2ccc(O)cc2)CC(=O)[C@@H]2C[C@@H](O)CN2C(=O)[C@H]([C@@H](C)O)NC(=O)C(N)C[C@@H](O)[C@@H](OCC[N+](C)(C)C)NC(=O)[C@@H]2[C@@H](O)[C@@H](C)CN2C1=O. The molecule has 5 amide bonds. The number of hydrogen-bond donors (Lipinski definition) is 12. The van der Waals surface area contributed by atoms with E-state index in [1.54, 1.807) is 0 Å². The maximum absolute atomic E-state index is 14.3. The van der Waals surface area contributed by atoms with E-state index in [0.29, 0.717) is 16.6 Å². The summed E-state index contributed by atoms with van der Waals surface area (Å²) in [5.41, 5.74) is 11.5. The number of ketones is 1. The number of rotatable bonds is 17. The number of aldehydes is 1. The van der Waals surface area contributed by atoms with E-state index in [1.807, 2.05) is 57.5 Å². The lowest BCUT2D eigenvalue weighted by Crippen LogP contribution is -2.61. The topological polar surface area (TPSA) is 368 Å². The molecule has 0 aliphatic carbocycles. The Morgan fingerprint density at radius 3 is 1.75 bits per heavy atom. The Morgan fingerprint density at radius 1 is 0.682 bits per heavy atom. The van der Waals surface area contributed by atoms with Crippen LogP contribution < -0.4 is 26.4 Å². The Labute approximate surface area is 512 Å². The largest absolute Gasteiger partial charge is 0.508 e. The maximum Gasteiger partial charge on any atom is 0.248 e. The fraction of sp³-hybridized carbons (Fsp3) is 0.516. The number of benzene rings is 4. The Morgan fingerprint density at radius 2 is 1.22 bits per heavy atom. The summed E-state index contributed by atoms with van der Waals surface area (Å²) in [6.07, 6.45) is -11.0. The molecule has 3 aliphatic heterocycles. The van der Waals surface area contributed by atoms with E-state index < -0.39 is 146 Å². The first-order valence-corrected chi connectivity index (χ1v) is 29.8. The lowest BCUT2D eigenvalue weighted by molar-refractivity contribution is -0.870. The molecule has 13 N–H and O–H groups in total. The molecule has 0 radical (unpaired) electrons. The third-order valence-electron chi connectivity index (χ3n) is 16.0. The maximum atomic E-state index is 14.3. The summed E-state index contributed by atoms with van der Waals surface area (Å²) in [6.45, 7) is 6.42. The van der Waals surface area contributed by atoms with Crippen molar-refractivity contribution in [3.63, 3.8) is 0 Å². The Hall–Kier alpha value is -7.23. The molecule has 3 aliphatic rings. The van der Waals surface area contributed by atoms with Crippen LogP contribution in [-0.4, -0.2) is 224 Å². The van der Waals surface area contributed by atoms with Crippen molar-refractivity contribution < 1.29 is 88.4 Å². The summed E-state index contributed by atoms with van der Waals surface area (Å²) in [5.74, 6) is -8.26. The van der Waals surface area contributed by atoms with Crippen molar-refractivity contribution in [3.8, 4) is 33.8 Å². The second kappa shape index (κ2) is 31.8. The number of fused-ring (bicyclic) bond motifs is 2. The average Bonchev–Trinajstić information content (AvgIpc) is 2.63. The molecule has 15 atom stereocenters. The quantitative estimate of drug-likeness (QED) is 0.0397. The summed E-state index contributed by atoms with van der Waals surface area (Å²) in [4.78, 5) is 96.9.